The molecular formula is C30H25Cl2F2N7O2. The SMILES string of the molecule is CC(C)(CC(=O)O)N1C=C([C@@H](Nc2cc(Cl)c3ncc(C#N)c(Nc4ccc(F)c(Cl)c4)c3c2)c2ccc(F)cc2)NN1. The lowest BCUT2D eigenvalue weighted by Crippen LogP contribution is -2.50. The smallest absolute Gasteiger partial charge is 0.305 e. The van der Waals surface area contributed by atoms with Crippen molar-refractivity contribution >= 4 is 57.1 Å². The van der Waals surface area contributed by atoms with Gasteiger partial charge in [-0.1, -0.05) is 35.3 Å². The molecule has 13 heteroatoms. The van der Waals surface area contributed by atoms with Gasteiger partial charge in [0.15, 0.2) is 0 Å². The van der Waals surface area contributed by atoms with E-state index in [0.717, 1.165) is 0 Å². The number of aliphatic carboxylic acids is 1. The molecule has 0 bridgehead atoms. The highest BCUT2D eigenvalue weighted by molar-refractivity contribution is 6.36. The van der Waals surface area contributed by atoms with Crippen molar-refractivity contribution in [3.05, 3.63) is 105 Å². The van der Waals surface area contributed by atoms with Crippen LogP contribution in [0.15, 0.2) is 72.7 Å². The summed E-state index contributed by atoms with van der Waals surface area (Å²) in [5.74, 6) is -1.94. The largest absolute Gasteiger partial charge is 0.481 e. The molecule has 5 rings (SSSR count). The molecule has 5 N–H and O–H groups in total. The molecule has 0 fully saturated rings. The summed E-state index contributed by atoms with van der Waals surface area (Å²) in [5, 5.41) is 28.1. The molecule has 0 spiro atoms. The van der Waals surface area contributed by atoms with Gasteiger partial charge in [-0.3, -0.25) is 14.8 Å². The van der Waals surface area contributed by atoms with Crippen LogP contribution < -0.4 is 21.6 Å². The topological polar surface area (TPSA) is 125 Å². The van der Waals surface area contributed by atoms with Crippen molar-refractivity contribution in [1.82, 2.24) is 21.0 Å². The van der Waals surface area contributed by atoms with Gasteiger partial charge in [-0.15, -0.1) is 5.53 Å². The molecule has 0 saturated heterocycles. The predicted octanol–water partition coefficient (Wildman–Crippen LogP) is 7.01. The van der Waals surface area contributed by atoms with Gasteiger partial charge >= 0.3 is 5.97 Å². The van der Waals surface area contributed by atoms with Crippen LogP contribution in [0.4, 0.5) is 25.8 Å². The standard InChI is InChI=1S/C30H25Cl2F2N7O2/c1-30(2,12-26(42)43)41-15-25(39-40-41)28(16-3-5-18(33)6-4-16)38-20-9-21-27(37-19-7-8-24(34)22(31)10-19)17(13-35)14-36-29(21)23(32)11-20/h3-11,14-15,28,38-40H,12H2,1-2H3,(H,36,37)(H,42,43)/t28-/m0/s1. The number of hydrogen-bond acceptors (Lipinski definition) is 8. The molecule has 220 valence electrons. The number of nitrogens with one attached hydrogen (secondary N) is 4. The maximum atomic E-state index is 13.8. The van der Waals surface area contributed by atoms with Gasteiger partial charge in [-0.2, -0.15) is 5.26 Å². The lowest BCUT2D eigenvalue weighted by molar-refractivity contribution is -0.139. The highest BCUT2D eigenvalue weighted by atomic mass is 35.5. The fourth-order valence-electron chi connectivity index (χ4n) is 4.70. The van der Waals surface area contributed by atoms with E-state index in [1.165, 1.54) is 36.5 Å². The van der Waals surface area contributed by atoms with Gasteiger partial charge in [-0.25, -0.2) is 8.78 Å². The van der Waals surface area contributed by atoms with Gasteiger partial charge in [0.1, 0.15) is 17.7 Å². The predicted molar refractivity (Wildman–Crippen MR) is 161 cm³/mol. The van der Waals surface area contributed by atoms with E-state index in [-0.39, 0.29) is 17.0 Å². The molecule has 0 unspecified atom stereocenters. The van der Waals surface area contributed by atoms with Gasteiger partial charge in [0.05, 0.1) is 50.5 Å². The van der Waals surface area contributed by atoms with E-state index in [9.17, 15) is 23.9 Å². The van der Waals surface area contributed by atoms with E-state index >= 15 is 0 Å². The summed E-state index contributed by atoms with van der Waals surface area (Å²) in [6, 6.07) is 15.0. The quantitative estimate of drug-likeness (QED) is 0.134. The van der Waals surface area contributed by atoms with Crippen molar-refractivity contribution in [1.29, 1.82) is 5.26 Å². The molecule has 0 amide bonds. The number of halogens is 4. The first kappa shape index (κ1) is 29.8. The molecule has 0 aliphatic carbocycles. The Kier molecular flexibility index (Phi) is 8.28. The highest BCUT2D eigenvalue weighted by Crippen LogP contribution is 2.37. The first-order valence-corrected chi connectivity index (χ1v) is 13.7. The first-order chi connectivity index (χ1) is 20.4. The molecule has 9 nitrogen and oxygen atoms in total. The Labute approximate surface area is 255 Å². The average Bonchev–Trinajstić information content (AvgIpc) is 3.45. The zero-order valence-corrected chi connectivity index (χ0v) is 24.4. The number of carboxylic acids is 1. The molecule has 1 aliphatic rings. The number of fused-ring (bicyclic) bond motifs is 1. The maximum absolute atomic E-state index is 13.8. The van der Waals surface area contributed by atoms with E-state index in [1.54, 1.807) is 49.3 Å². The Morgan fingerprint density at radius 3 is 2.51 bits per heavy atom. The van der Waals surface area contributed by atoms with Crippen LogP contribution in [0.5, 0.6) is 0 Å². The monoisotopic (exact) mass is 623 g/mol. The Balaban J connectivity index is 1.57. The number of carbonyl (C=O) groups is 1. The van der Waals surface area contributed by atoms with Crippen molar-refractivity contribution in [2.45, 2.75) is 31.8 Å². The summed E-state index contributed by atoms with van der Waals surface area (Å²) in [6.45, 7) is 3.56. The minimum absolute atomic E-state index is 0.0871. The van der Waals surface area contributed by atoms with E-state index in [1.807, 2.05) is 0 Å². The number of aromatic nitrogens is 1. The Hall–Kier alpha value is -4.63. The van der Waals surface area contributed by atoms with Crippen LogP contribution in [0.1, 0.15) is 37.4 Å². The number of nitrogens with zero attached hydrogens (tertiary/aromatic N) is 3. The van der Waals surface area contributed by atoms with Crippen LogP contribution in [0, 0.1) is 23.0 Å². The zero-order chi connectivity index (χ0) is 30.9. The first-order valence-electron chi connectivity index (χ1n) is 13.0. The number of hydrogen-bond donors (Lipinski definition) is 5. The summed E-state index contributed by atoms with van der Waals surface area (Å²) in [5.41, 5.74) is 8.62. The molecule has 1 atom stereocenters. The molecule has 0 saturated carbocycles. The Morgan fingerprint density at radius 1 is 1.12 bits per heavy atom. The van der Waals surface area contributed by atoms with Crippen molar-refractivity contribution in [3.63, 3.8) is 0 Å². The molecule has 1 aromatic heterocycles. The summed E-state index contributed by atoms with van der Waals surface area (Å²) in [7, 11) is 0. The third-order valence-corrected chi connectivity index (χ3v) is 7.46. The minimum atomic E-state index is -0.953. The third kappa shape index (κ3) is 6.41. The van der Waals surface area contributed by atoms with Crippen LogP contribution in [0.25, 0.3) is 10.9 Å². The normalized spacial score (nSPS) is 13.7. The number of pyridine rings is 1. The second kappa shape index (κ2) is 11.9. The number of nitriles is 1. The van der Waals surface area contributed by atoms with Gasteiger partial charge in [0.25, 0.3) is 0 Å². The summed E-state index contributed by atoms with van der Waals surface area (Å²) in [6.07, 6.45) is 3.00. The lowest BCUT2D eigenvalue weighted by Gasteiger charge is -2.33. The fraction of sp³-hybridized carbons (Fsp3) is 0.167. The number of anilines is 3. The molecule has 0 radical (unpaired) electrons. The Morgan fingerprint density at radius 2 is 1.84 bits per heavy atom. The average molecular weight is 624 g/mol. The Bertz CT molecular complexity index is 1790. The summed E-state index contributed by atoms with van der Waals surface area (Å²) < 4.78 is 27.6. The molecule has 4 aromatic rings. The fourth-order valence-corrected chi connectivity index (χ4v) is 5.15. The van der Waals surface area contributed by atoms with Crippen LogP contribution >= 0.6 is 23.2 Å². The van der Waals surface area contributed by atoms with Crippen molar-refractivity contribution in [2.75, 3.05) is 10.6 Å². The molecular weight excluding hydrogens is 599 g/mol. The van der Waals surface area contributed by atoms with Crippen LogP contribution in [0.2, 0.25) is 10.0 Å². The lowest BCUT2D eigenvalue weighted by atomic mass is 9.99. The van der Waals surface area contributed by atoms with Gasteiger partial charge < -0.3 is 21.2 Å². The van der Waals surface area contributed by atoms with E-state index in [0.29, 0.717) is 44.2 Å². The van der Waals surface area contributed by atoms with E-state index in [2.05, 4.69) is 32.6 Å². The van der Waals surface area contributed by atoms with E-state index in [4.69, 9.17) is 23.2 Å². The second-order valence-electron chi connectivity index (χ2n) is 10.5. The second-order valence-corrected chi connectivity index (χ2v) is 11.3. The number of carboxylic acid groups (broad SMARTS) is 1. The number of rotatable bonds is 9. The zero-order valence-electron chi connectivity index (χ0n) is 22.8. The highest BCUT2D eigenvalue weighted by Gasteiger charge is 2.33. The molecule has 3 aromatic carbocycles. The van der Waals surface area contributed by atoms with Crippen LogP contribution in [-0.2, 0) is 4.79 Å². The third-order valence-electron chi connectivity index (χ3n) is 6.88. The van der Waals surface area contributed by atoms with Gasteiger partial charge in [0, 0.05) is 29.2 Å². The van der Waals surface area contributed by atoms with Crippen molar-refractivity contribution < 1.29 is 18.7 Å². The molecule has 2 heterocycles. The number of hydrazine groups is 2. The summed E-state index contributed by atoms with van der Waals surface area (Å²) in [4.78, 5) is 15.8. The summed E-state index contributed by atoms with van der Waals surface area (Å²) >= 11 is 12.7. The van der Waals surface area contributed by atoms with E-state index < -0.39 is 29.2 Å². The maximum Gasteiger partial charge on any atom is 0.305 e. The van der Waals surface area contributed by atoms with Gasteiger partial charge in [0.2, 0.25) is 0 Å². The van der Waals surface area contributed by atoms with Crippen molar-refractivity contribution in [2.24, 2.45) is 0 Å². The van der Waals surface area contributed by atoms with Gasteiger partial charge in [-0.05, 0) is 61.9 Å². The van der Waals surface area contributed by atoms with Crippen LogP contribution in [0.3, 0.4) is 0 Å². The number of benzene rings is 3. The molecule has 1 aliphatic heterocycles. The van der Waals surface area contributed by atoms with Crippen LogP contribution in [-0.4, -0.2) is 26.6 Å². The van der Waals surface area contributed by atoms with Crippen molar-refractivity contribution in [3.8, 4) is 6.07 Å². The minimum Gasteiger partial charge on any atom is -0.481 e. The molecule has 43 heavy (non-hydrogen) atoms.